The van der Waals surface area contributed by atoms with Gasteiger partial charge in [-0.25, -0.2) is 4.68 Å². The Kier molecular flexibility index (Phi) is 3.55. The fraction of sp³-hybridized carbons (Fsp3) is 0.357. The van der Waals surface area contributed by atoms with E-state index >= 15 is 0 Å². The number of anilines is 1. The van der Waals surface area contributed by atoms with Gasteiger partial charge in [0.05, 0.1) is 12.2 Å². The predicted octanol–water partition coefficient (Wildman–Crippen LogP) is 1.86. The molecule has 1 aromatic carbocycles. The lowest BCUT2D eigenvalue weighted by Gasteiger charge is -2.12. The Bertz CT molecular complexity index is 581. The molecule has 0 atom stereocenters. The smallest absolute Gasteiger partial charge is 0.290 e. The van der Waals surface area contributed by atoms with Gasteiger partial charge in [-0.2, -0.15) is 0 Å². The van der Waals surface area contributed by atoms with Crippen LogP contribution in [-0.4, -0.2) is 9.36 Å². The van der Waals surface area contributed by atoms with Gasteiger partial charge in [-0.3, -0.25) is 9.48 Å². The van der Waals surface area contributed by atoms with Crippen LogP contribution in [0.25, 0.3) is 0 Å². The molecule has 0 aliphatic heterocycles. The molecule has 2 rings (SSSR count). The van der Waals surface area contributed by atoms with Gasteiger partial charge in [-0.05, 0) is 18.9 Å². The van der Waals surface area contributed by atoms with Gasteiger partial charge in [0.15, 0.2) is 0 Å². The van der Waals surface area contributed by atoms with Crippen molar-refractivity contribution < 1.29 is 0 Å². The molecule has 0 radical (unpaired) electrons. The molecular formula is C14H19N3O. The van der Waals surface area contributed by atoms with Crippen LogP contribution < -0.4 is 11.3 Å². The van der Waals surface area contributed by atoms with Crippen LogP contribution in [0.4, 0.5) is 5.69 Å². The van der Waals surface area contributed by atoms with E-state index in [-0.39, 0.29) is 5.56 Å². The van der Waals surface area contributed by atoms with E-state index in [0.717, 1.165) is 24.2 Å². The molecule has 4 nitrogen and oxygen atoms in total. The Morgan fingerprint density at radius 1 is 1.11 bits per heavy atom. The first-order chi connectivity index (χ1) is 8.69. The highest BCUT2D eigenvalue weighted by molar-refractivity contribution is 5.41. The standard InChI is InChI=1S/C14H19N3O/c1-3-12-13(15)14(18)17(16(12)4-2)10-11-8-6-5-7-9-11/h5-9H,3-4,10,15H2,1-2H3. The number of nitrogen functional groups attached to an aromatic ring is 1. The Hall–Kier alpha value is -1.97. The molecule has 0 saturated carbocycles. The highest BCUT2D eigenvalue weighted by Crippen LogP contribution is 2.11. The SMILES string of the molecule is CCc1c(N)c(=O)n(Cc2ccccc2)n1CC. The predicted molar refractivity (Wildman–Crippen MR) is 73.7 cm³/mol. The van der Waals surface area contributed by atoms with Gasteiger partial charge in [0.2, 0.25) is 0 Å². The highest BCUT2D eigenvalue weighted by Gasteiger charge is 2.15. The van der Waals surface area contributed by atoms with Crippen LogP contribution in [0.3, 0.4) is 0 Å². The summed E-state index contributed by atoms with van der Waals surface area (Å²) in [5.41, 5.74) is 8.22. The molecule has 0 spiro atoms. The summed E-state index contributed by atoms with van der Waals surface area (Å²) in [6.07, 6.45) is 0.775. The maximum Gasteiger partial charge on any atom is 0.290 e. The third kappa shape index (κ3) is 2.06. The first kappa shape index (κ1) is 12.5. The van der Waals surface area contributed by atoms with Crippen LogP contribution in [0.15, 0.2) is 35.1 Å². The van der Waals surface area contributed by atoms with Crippen molar-refractivity contribution in [3.63, 3.8) is 0 Å². The monoisotopic (exact) mass is 245 g/mol. The molecule has 0 saturated heterocycles. The zero-order valence-corrected chi connectivity index (χ0v) is 10.9. The molecule has 0 unspecified atom stereocenters. The Morgan fingerprint density at radius 3 is 2.33 bits per heavy atom. The lowest BCUT2D eigenvalue weighted by atomic mass is 10.2. The Labute approximate surface area is 107 Å². The van der Waals surface area contributed by atoms with Crippen LogP contribution in [0.2, 0.25) is 0 Å². The van der Waals surface area contributed by atoms with Gasteiger partial charge in [0.25, 0.3) is 5.56 Å². The second kappa shape index (κ2) is 5.12. The van der Waals surface area contributed by atoms with Crippen molar-refractivity contribution in [2.75, 3.05) is 5.73 Å². The number of rotatable bonds is 4. The summed E-state index contributed by atoms with van der Waals surface area (Å²) >= 11 is 0. The zero-order chi connectivity index (χ0) is 13.1. The number of hydrogen-bond acceptors (Lipinski definition) is 2. The molecule has 0 fully saturated rings. The molecule has 2 N–H and O–H groups in total. The maximum absolute atomic E-state index is 12.1. The zero-order valence-electron chi connectivity index (χ0n) is 10.9. The molecule has 0 aliphatic carbocycles. The third-order valence-corrected chi connectivity index (χ3v) is 3.19. The summed E-state index contributed by atoms with van der Waals surface area (Å²) in [5, 5.41) is 0. The maximum atomic E-state index is 12.1. The normalized spacial score (nSPS) is 10.8. The van der Waals surface area contributed by atoms with Gasteiger partial charge >= 0.3 is 0 Å². The van der Waals surface area contributed by atoms with Crippen molar-refractivity contribution in [1.29, 1.82) is 0 Å². The topological polar surface area (TPSA) is 53.0 Å². The van der Waals surface area contributed by atoms with E-state index in [1.807, 2.05) is 48.9 Å². The minimum Gasteiger partial charge on any atom is -0.393 e. The minimum absolute atomic E-state index is 0.0856. The van der Waals surface area contributed by atoms with Crippen LogP contribution in [0, 0.1) is 0 Å². The number of nitrogens with two attached hydrogens (primary N) is 1. The van der Waals surface area contributed by atoms with E-state index < -0.39 is 0 Å². The van der Waals surface area contributed by atoms with Gasteiger partial charge in [0.1, 0.15) is 5.69 Å². The minimum atomic E-state index is -0.0856. The van der Waals surface area contributed by atoms with Gasteiger partial charge in [-0.15, -0.1) is 0 Å². The molecule has 96 valence electrons. The van der Waals surface area contributed by atoms with Crippen molar-refractivity contribution >= 4 is 5.69 Å². The molecule has 1 heterocycles. The number of aromatic nitrogens is 2. The Balaban J connectivity index is 2.48. The van der Waals surface area contributed by atoms with Crippen LogP contribution in [0.1, 0.15) is 25.1 Å². The molecule has 1 aromatic heterocycles. The number of benzene rings is 1. The summed E-state index contributed by atoms with van der Waals surface area (Å²) in [7, 11) is 0. The second-order valence-electron chi connectivity index (χ2n) is 4.28. The molecular weight excluding hydrogens is 226 g/mol. The largest absolute Gasteiger partial charge is 0.393 e. The molecule has 0 amide bonds. The van der Waals surface area contributed by atoms with E-state index in [4.69, 9.17) is 5.73 Å². The first-order valence-corrected chi connectivity index (χ1v) is 6.30. The molecule has 4 heteroatoms. The molecule has 18 heavy (non-hydrogen) atoms. The Morgan fingerprint density at radius 2 is 1.78 bits per heavy atom. The van der Waals surface area contributed by atoms with Gasteiger partial charge in [-0.1, -0.05) is 37.3 Å². The molecule has 2 aromatic rings. The molecule has 0 aliphatic rings. The van der Waals surface area contributed by atoms with Crippen molar-refractivity contribution in [3.8, 4) is 0 Å². The van der Waals surface area contributed by atoms with E-state index in [0.29, 0.717) is 12.2 Å². The summed E-state index contributed by atoms with van der Waals surface area (Å²) in [6, 6.07) is 9.95. The highest BCUT2D eigenvalue weighted by atomic mass is 16.1. The van der Waals surface area contributed by atoms with Gasteiger partial charge in [0, 0.05) is 6.54 Å². The summed E-state index contributed by atoms with van der Waals surface area (Å²) in [5.74, 6) is 0. The number of hydrogen-bond donors (Lipinski definition) is 1. The van der Waals surface area contributed by atoms with Crippen molar-refractivity contribution in [3.05, 3.63) is 51.9 Å². The number of nitrogens with zero attached hydrogens (tertiary/aromatic N) is 2. The average molecular weight is 245 g/mol. The van der Waals surface area contributed by atoms with E-state index in [9.17, 15) is 4.79 Å². The van der Waals surface area contributed by atoms with Crippen molar-refractivity contribution in [1.82, 2.24) is 9.36 Å². The molecule has 0 bridgehead atoms. The average Bonchev–Trinajstić information content (AvgIpc) is 2.63. The fourth-order valence-electron chi connectivity index (χ4n) is 2.30. The van der Waals surface area contributed by atoms with Crippen molar-refractivity contribution in [2.45, 2.75) is 33.4 Å². The quantitative estimate of drug-likeness (QED) is 0.894. The summed E-state index contributed by atoms with van der Waals surface area (Å²) in [4.78, 5) is 12.1. The van der Waals surface area contributed by atoms with E-state index in [2.05, 4.69) is 0 Å². The van der Waals surface area contributed by atoms with E-state index in [1.54, 1.807) is 4.68 Å². The van der Waals surface area contributed by atoms with Crippen LogP contribution in [0.5, 0.6) is 0 Å². The first-order valence-electron chi connectivity index (χ1n) is 6.30. The van der Waals surface area contributed by atoms with E-state index in [1.165, 1.54) is 0 Å². The third-order valence-electron chi connectivity index (χ3n) is 3.19. The fourth-order valence-corrected chi connectivity index (χ4v) is 2.30. The van der Waals surface area contributed by atoms with Crippen molar-refractivity contribution in [2.24, 2.45) is 0 Å². The van der Waals surface area contributed by atoms with Gasteiger partial charge < -0.3 is 5.73 Å². The van der Waals surface area contributed by atoms with Crippen LogP contribution >= 0.6 is 0 Å². The lowest BCUT2D eigenvalue weighted by Crippen LogP contribution is -2.24. The summed E-state index contributed by atoms with van der Waals surface area (Å²) in [6.45, 7) is 5.36. The van der Waals surface area contributed by atoms with Crippen LogP contribution in [-0.2, 0) is 19.5 Å². The second-order valence-corrected chi connectivity index (χ2v) is 4.28. The lowest BCUT2D eigenvalue weighted by molar-refractivity contribution is 0.474. The summed E-state index contributed by atoms with van der Waals surface area (Å²) < 4.78 is 3.70.